The number of piperidine rings is 1. The summed E-state index contributed by atoms with van der Waals surface area (Å²) in [5, 5.41) is 4.34. The molecule has 1 aliphatic rings. The van der Waals surface area contributed by atoms with Crippen molar-refractivity contribution in [3.63, 3.8) is 0 Å². The molecule has 2 rings (SSSR count). The summed E-state index contributed by atoms with van der Waals surface area (Å²) in [6.07, 6.45) is 2.44. The number of likely N-dealkylation sites (tertiary alicyclic amines) is 1. The molecule has 1 atom stereocenters. The Kier molecular flexibility index (Phi) is 5.81. The average molecular weight is 321 g/mol. The predicted octanol–water partition coefficient (Wildman–Crippen LogP) is 2.39. The normalized spacial score (nSPS) is 17.6. The van der Waals surface area contributed by atoms with Gasteiger partial charge in [0.15, 0.2) is 5.11 Å². The summed E-state index contributed by atoms with van der Waals surface area (Å²) in [6.45, 7) is 11.0. The van der Waals surface area contributed by atoms with Gasteiger partial charge in [0, 0.05) is 31.6 Å². The third-order valence-electron chi connectivity index (χ3n) is 5.05. The highest BCUT2D eigenvalue weighted by atomic mass is 32.1. The van der Waals surface area contributed by atoms with Crippen molar-refractivity contribution >= 4 is 23.0 Å². The topological polar surface area (TPSA) is 19.7 Å². The van der Waals surface area contributed by atoms with Gasteiger partial charge in [0.25, 0.3) is 0 Å². The number of anilines is 1. The van der Waals surface area contributed by atoms with Gasteiger partial charge >= 0.3 is 0 Å². The molecule has 1 heterocycles. The van der Waals surface area contributed by atoms with Gasteiger partial charge in [-0.05, 0) is 51.0 Å². The fraction of sp³-hybridized carbons (Fsp3) is 0.611. The molecule has 1 fully saturated rings. The molecule has 0 saturated carbocycles. The number of rotatable bonds is 3. The highest BCUT2D eigenvalue weighted by Crippen LogP contribution is 2.20. The number of benzene rings is 1. The lowest BCUT2D eigenvalue weighted by atomic mass is 10.0. The molecule has 0 spiro atoms. The molecule has 1 aromatic carbocycles. The zero-order chi connectivity index (χ0) is 16.3. The summed E-state index contributed by atoms with van der Waals surface area (Å²) < 4.78 is 0. The summed E-state index contributed by atoms with van der Waals surface area (Å²) in [6, 6.07) is 7.81. The lowest BCUT2D eigenvalue weighted by Crippen LogP contribution is -3.16. The molecule has 0 amide bonds. The van der Waals surface area contributed by atoms with Gasteiger partial charge in [-0.2, -0.15) is 0 Å². The van der Waals surface area contributed by atoms with E-state index in [2.05, 4.69) is 63.2 Å². The molecule has 0 radical (unpaired) electrons. The lowest BCUT2D eigenvalue weighted by molar-refractivity contribution is -0.928. The molecule has 1 aromatic rings. The molecule has 1 unspecified atom stereocenters. The van der Waals surface area contributed by atoms with Gasteiger partial charge in [-0.15, -0.1) is 0 Å². The van der Waals surface area contributed by atoms with Crippen LogP contribution in [0.15, 0.2) is 18.2 Å². The van der Waals surface area contributed by atoms with Crippen molar-refractivity contribution in [3.05, 3.63) is 29.3 Å². The summed E-state index contributed by atoms with van der Waals surface area (Å²) in [4.78, 5) is 3.97. The van der Waals surface area contributed by atoms with Gasteiger partial charge in [-0.3, -0.25) is 0 Å². The first-order valence-corrected chi connectivity index (χ1v) is 8.76. The number of thiocarbonyl (C=S) groups is 1. The number of nitrogens with zero attached hydrogens (tertiary/aromatic N) is 1. The maximum absolute atomic E-state index is 5.64. The van der Waals surface area contributed by atoms with E-state index in [0.717, 1.165) is 24.2 Å². The Hall–Kier alpha value is -1.13. The van der Waals surface area contributed by atoms with Crippen LogP contribution in [0.2, 0.25) is 0 Å². The van der Waals surface area contributed by atoms with Crippen molar-refractivity contribution in [1.29, 1.82) is 0 Å². The van der Waals surface area contributed by atoms with Crippen LogP contribution in [0, 0.1) is 13.8 Å². The first kappa shape index (κ1) is 17.2. The van der Waals surface area contributed by atoms with Crippen LogP contribution in [-0.2, 0) is 0 Å². The first-order chi connectivity index (χ1) is 10.4. The number of hydrogen-bond donors (Lipinski definition) is 2. The number of aryl methyl sites for hydroxylation is 2. The SMILES string of the molecule is Cc1cccc(C)c1NC(=S)N1CCC([NH+](C)C(C)C)CC1. The zero-order valence-electron chi connectivity index (χ0n) is 14.6. The zero-order valence-corrected chi connectivity index (χ0v) is 15.4. The number of quaternary nitrogens is 1. The minimum Gasteiger partial charge on any atom is -0.349 e. The number of para-hydroxylation sites is 1. The Labute approximate surface area is 140 Å². The maximum atomic E-state index is 5.64. The van der Waals surface area contributed by atoms with Crippen LogP contribution in [0.1, 0.15) is 37.8 Å². The Morgan fingerprint density at radius 3 is 2.27 bits per heavy atom. The Morgan fingerprint density at radius 2 is 1.77 bits per heavy atom. The lowest BCUT2D eigenvalue weighted by Gasteiger charge is -2.37. The molecule has 0 bridgehead atoms. The third kappa shape index (κ3) is 3.99. The van der Waals surface area contributed by atoms with Crippen molar-refractivity contribution < 1.29 is 4.90 Å². The van der Waals surface area contributed by atoms with E-state index in [9.17, 15) is 0 Å². The van der Waals surface area contributed by atoms with E-state index < -0.39 is 0 Å². The third-order valence-corrected chi connectivity index (χ3v) is 5.41. The van der Waals surface area contributed by atoms with E-state index >= 15 is 0 Å². The van der Waals surface area contributed by atoms with E-state index in [1.54, 1.807) is 4.90 Å². The van der Waals surface area contributed by atoms with Gasteiger partial charge in [0.05, 0.1) is 19.1 Å². The molecule has 122 valence electrons. The largest absolute Gasteiger partial charge is 0.349 e. The summed E-state index contributed by atoms with van der Waals surface area (Å²) in [5.41, 5.74) is 3.67. The highest BCUT2D eigenvalue weighted by molar-refractivity contribution is 7.80. The van der Waals surface area contributed by atoms with Crippen molar-refractivity contribution in [3.8, 4) is 0 Å². The smallest absolute Gasteiger partial charge is 0.173 e. The van der Waals surface area contributed by atoms with E-state index in [0.29, 0.717) is 6.04 Å². The van der Waals surface area contributed by atoms with Crippen molar-refractivity contribution in [2.24, 2.45) is 0 Å². The minimum absolute atomic E-state index is 0.691. The quantitative estimate of drug-likeness (QED) is 0.835. The Balaban J connectivity index is 1.93. The molecule has 22 heavy (non-hydrogen) atoms. The monoisotopic (exact) mass is 320 g/mol. The molecule has 4 heteroatoms. The van der Waals surface area contributed by atoms with Gasteiger partial charge in [-0.25, -0.2) is 0 Å². The van der Waals surface area contributed by atoms with E-state index in [4.69, 9.17) is 12.2 Å². The van der Waals surface area contributed by atoms with Crippen molar-refractivity contribution in [1.82, 2.24) is 4.90 Å². The van der Waals surface area contributed by atoms with Gasteiger partial charge < -0.3 is 15.1 Å². The fourth-order valence-electron chi connectivity index (χ4n) is 3.21. The molecule has 0 aromatic heterocycles. The highest BCUT2D eigenvalue weighted by Gasteiger charge is 2.27. The summed E-state index contributed by atoms with van der Waals surface area (Å²) in [7, 11) is 2.32. The molecular formula is C18H30N3S+. The second kappa shape index (κ2) is 7.42. The molecule has 3 nitrogen and oxygen atoms in total. The molecular weight excluding hydrogens is 290 g/mol. The van der Waals surface area contributed by atoms with Crippen molar-refractivity contribution in [2.75, 3.05) is 25.5 Å². The second-order valence-electron chi connectivity index (χ2n) is 6.86. The van der Waals surface area contributed by atoms with Crippen LogP contribution in [-0.4, -0.2) is 42.2 Å². The maximum Gasteiger partial charge on any atom is 0.173 e. The molecule has 2 N–H and O–H groups in total. The average Bonchev–Trinajstić information content (AvgIpc) is 2.50. The Bertz CT molecular complexity index is 499. The second-order valence-corrected chi connectivity index (χ2v) is 7.24. The first-order valence-electron chi connectivity index (χ1n) is 8.35. The van der Waals surface area contributed by atoms with Crippen molar-refractivity contribution in [2.45, 2.75) is 52.6 Å². The predicted molar refractivity (Wildman–Crippen MR) is 98.8 cm³/mol. The van der Waals surface area contributed by atoms with Gasteiger partial charge in [-0.1, -0.05) is 18.2 Å². The van der Waals surface area contributed by atoms with Crippen LogP contribution in [0.3, 0.4) is 0 Å². The summed E-state index contributed by atoms with van der Waals surface area (Å²) in [5.74, 6) is 0. The van der Waals surface area contributed by atoms with Crippen LogP contribution < -0.4 is 10.2 Å². The van der Waals surface area contributed by atoms with Crippen LogP contribution in [0.25, 0.3) is 0 Å². The molecule has 1 saturated heterocycles. The number of hydrogen-bond acceptors (Lipinski definition) is 1. The van der Waals surface area contributed by atoms with Crippen LogP contribution in [0.5, 0.6) is 0 Å². The van der Waals surface area contributed by atoms with Gasteiger partial charge in [0.2, 0.25) is 0 Å². The molecule has 0 aliphatic carbocycles. The van der Waals surface area contributed by atoms with Gasteiger partial charge in [0.1, 0.15) is 0 Å². The standard InChI is InChI=1S/C18H29N3S/c1-13(2)20(5)16-9-11-21(12-10-16)18(22)19-17-14(3)7-6-8-15(17)4/h6-8,13,16H,9-12H2,1-5H3,(H,19,22)/p+1. The Morgan fingerprint density at radius 1 is 1.23 bits per heavy atom. The van der Waals surface area contributed by atoms with E-state index in [1.165, 1.54) is 29.7 Å². The van der Waals surface area contributed by atoms with E-state index in [-0.39, 0.29) is 0 Å². The van der Waals surface area contributed by atoms with Crippen LogP contribution >= 0.6 is 12.2 Å². The van der Waals surface area contributed by atoms with Crippen LogP contribution in [0.4, 0.5) is 5.69 Å². The summed E-state index contributed by atoms with van der Waals surface area (Å²) >= 11 is 5.64. The number of nitrogens with one attached hydrogen (secondary N) is 2. The minimum atomic E-state index is 0.691. The van der Waals surface area contributed by atoms with E-state index in [1.807, 2.05) is 0 Å². The fourth-order valence-corrected chi connectivity index (χ4v) is 3.49. The molecule has 1 aliphatic heterocycles.